The van der Waals surface area contributed by atoms with Gasteiger partial charge in [-0.15, -0.1) is 0 Å². The number of ether oxygens (including phenoxy) is 1. The first-order valence-electron chi connectivity index (χ1n) is 14.4. The van der Waals surface area contributed by atoms with Crippen LogP contribution in [0.25, 0.3) is 0 Å². The molecule has 0 unspecified atom stereocenters. The van der Waals surface area contributed by atoms with Crippen molar-refractivity contribution >= 4 is 39.1 Å². The number of amides is 3. The smallest absolute Gasteiger partial charge is 0.261 e. The van der Waals surface area contributed by atoms with E-state index in [1.165, 1.54) is 0 Å². The van der Waals surface area contributed by atoms with Gasteiger partial charge in [-0.3, -0.25) is 29.3 Å². The number of nitrogens with zero attached hydrogens (tertiary/aromatic N) is 3. The van der Waals surface area contributed by atoms with Crippen molar-refractivity contribution in [3.8, 4) is 5.75 Å². The molecule has 4 heterocycles. The number of imide groups is 1. The summed E-state index contributed by atoms with van der Waals surface area (Å²) in [6, 6.07) is 19.0. The van der Waals surface area contributed by atoms with Crippen LogP contribution in [0.15, 0.2) is 71.6 Å². The number of anilines is 2. The van der Waals surface area contributed by atoms with Gasteiger partial charge in [0.2, 0.25) is 11.8 Å². The summed E-state index contributed by atoms with van der Waals surface area (Å²) < 4.78 is 34.4. The first-order chi connectivity index (χ1) is 20.7. The average molecular weight is 602 g/mol. The van der Waals surface area contributed by atoms with Crippen molar-refractivity contribution < 1.29 is 27.5 Å². The third kappa shape index (κ3) is 5.21. The molecule has 11 nitrogen and oxygen atoms in total. The lowest BCUT2D eigenvalue weighted by Crippen LogP contribution is -2.56. The molecule has 4 aliphatic heterocycles. The summed E-state index contributed by atoms with van der Waals surface area (Å²) in [6.45, 7) is 3.79. The summed E-state index contributed by atoms with van der Waals surface area (Å²) in [5.74, 6) is -0.273. The van der Waals surface area contributed by atoms with Crippen LogP contribution in [0.3, 0.4) is 0 Å². The third-order valence-corrected chi connectivity index (χ3v) is 9.95. The van der Waals surface area contributed by atoms with E-state index in [1.807, 2.05) is 24.3 Å². The molecular formula is C31H31N5O6S. The Kier molecular flexibility index (Phi) is 6.82. The van der Waals surface area contributed by atoms with Gasteiger partial charge in [-0.05, 0) is 53.9 Å². The van der Waals surface area contributed by atoms with Crippen LogP contribution in [0.2, 0.25) is 0 Å². The van der Waals surface area contributed by atoms with Crippen molar-refractivity contribution in [1.82, 2.24) is 15.1 Å². The van der Waals surface area contributed by atoms with Gasteiger partial charge in [0.05, 0.1) is 16.6 Å². The van der Waals surface area contributed by atoms with Crippen LogP contribution in [-0.4, -0.2) is 74.3 Å². The number of carbonyl (C=O) groups excluding carboxylic acids is 3. The van der Waals surface area contributed by atoms with E-state index >= 15 is 0 Å². The molecule has 3 aromatic carbocycles. The summed E-state index contributed by atoms with van der Waals surface area (Å²) in [4.78, 5) is 43.7. The molecule has 2 atom stereocenters. The van der Waals surface area contributed by atoms with Crippen molar-refractivity contribution in [2.45, 2.75) is 42.9 Å². The van der Waals surface area contributed by atoms with Gasteiger partial charge >= 0.3 is 0 Å². The standard InChI is InChI=1S/C31H31N5O6S/c37-29-10-9-26(30(38)32-29)36-17-21-14-27-28(15-25(21)31(36)39)42-19-23-18-34(11-12-35(23)27)16-20-5-4-6-22(13-20)33-43(40,41)24-7-2-1-3-8-24/h1-8,13-15,23,26,33H,9-12,16-19H2,(H,32,37,38)/t23-,26-/m0/s1. The minimum absolute atomic E-state index is 0.113. The number of nitrogens with one attached hydrogen (secondary N) is 2. The van der Waals surface area contributed by atoms with Crippen molar-refractivity contribution in [2.75, 3.05) is 35.9 Å². The van der Waals surface area contributed by atoms with Crippen LogP contribution in [0.4, 0.5) is 11.4 Å². The van der Waals surface area contributed by atoms with Gasteiger partial charge in [-0.25, -0.2) is 8.42 Å². The molecule has 0 radical (unpaired) electrons. The van der Waals surface area contributed by atoms with Crippen molar-refractivity contribution in [3.63, 3.8) is 0 Å². The fourth-order valence-corrected chi connectivity index (χ4v) is 7.51. The van der Waals surface area contributed by atoms with Gasteiger partial charge in [0.15, 0.2) is 0 Å². The van der Waals surface area contributed by atoms with E-state index in [0.29, 0.717) is 43.1 Å². The van der Waals surface area contributed by atoms with Gasteiger partial charge in [0.1, 0.15) is 18.4 Å². The normalized spacial score (nSPS) is 21.9. The number of hydrogen-bond donors (Lipinski definition) is 2. The van der Waals surface area contributed by atoms with E-state index in [4.69, 9.17) is 4.74 Å². The van der Waals surface area contributed by atoms with Crippen LogP contribution in [0.1, 0.15) is 34.3 Å². The minimum atomic E-state index is -3.67. The highest BCUT2D eigenvalue weighted by atomic mass is 32.2. The molecule has 0 saturated carbocycles. The summed E-state index contributed by atoms with van der Waals surface area (Å²) in [6.07, 6.45) is 0.544. The highest BCUT2D eigenvalue weighted by molar-refractivity contribution is 7.92. The number of piperazine rings is 1. The lowest BCUT2D eigenvalue weighted by molar-refractivity contribution is -0.136. The Morgan fingerprint density at radius 3 is 2.60 bits per heavy atom. The first-order valence-corrected chi connectivity index (χ1v) is 15.8. The lowest BCUT2D eigenvalue weighted by atomic mass is 10.0. The first kappa shape index (κ1) is 27.4. The zero-order chi connectivity index (χ0) is 29.7. The van der Waals surface area contributed by atoms with Crippen LogP contribution in [0.5, 0.6) is 5.75 Å². The van der Waals surface area contributed by atoms with Crippen LogP contribution in [-0.2, 0) is 32.7 Å². The van der Waals surface area contributed by atoms with E-state index in [1.54, 1.807) is 47.4 Å². The molecule has 12 heteroatoms. The van der Waals surface area contributed by atoms with Gasteiger partial charge in [0, 0.05) is 50.4 Å². The number of hydrogen-bond acceptors (Lipinski definition) is 8. The molecule has 43 heavy (non-hydrogen) atoms. The van der Waals surface area contributed by atoms with Gasteiger partial charge in [0.25, 0.3) is 15.9 Å². The zero-order valence-corrected chi connectivity index (χ0v) is 24.2. The van der Waals surface area contributed by atoms with Crippen LogP contribution >= 0.6 is 0 Å². The van der Waals surface area contributed by atoms with Crippen molar-refractivity contribution in [1.29, 1.82) is 0 Å². The maximum atomic E-state index is 13.2. The SMILES string of the molecule is O=C1CC[C@H](N2Cc3cc4c(cc3C2=O)OC[C@@H]2CN(Cc3cccc(NS(=O)(=O)c5ccccc5)c3)CCN42)C(=O)N1. The summed E-state index contributed by atoms with van der Waals surface area (Å²) in [5, 5.41) is 2.35. The topological polar surface area (TPSA) is 128 Å². The van der Waals surface area contributed by atoms with E-state index in [0.717, 1.165) is 36.4 Å². The summed E-state index contributed by atoms with van der Waals surface area (Å²) in [5.41, 5.74) is 3.87. The second-order valence-electron chi connectivity index (χ2n) is 11.4. The van der Waals surface area contributed by atoms with Crippen molar-refractivity contribution in [3.05, 3.63) is 83.4 Å². The largest absolute Gasteiger partial charge is 0.489 e. The molecule has 4 aliphatic rings. The predicted molar refractivity (Wildman–Crippen MR) is 158 cm³/mol. The molecule has 0 bridgehead atoms. The number of rotatable bonds is 6. The van der Waals surface area contributed by atoms with E-state index in [9.17, 15) is 22.8 Å². The number of sulfonamides is 1. The maximum absolute atomic E-state index is 13.2. The molecule has 3 amide bonds. The molecule has 2 saturated heterocycles. The molecule has 0 aromatic heterocycles. The second kappa shape index (κ2) is 10.7. The Hall–Kier alpha value is -4.42. The zero-order valence-electron chi connectivity index (χ0n) is 23.4. The molecule has 0 aliphatic carbocycles. The summed E-state index contributed by atoms with van der Waals surface area (Å²) in [7, 11) is -3.67. The van der Waals surface area contributed by atoms with Gasteiger partial charge in [-0.1, -0.05) is 30.3 Å². The molecule has 0 spiro atoms. The molecule has 2 N–H and O–H groups in total. The number of carbonyl (C=O) groups is 3. The number of fused-ring (bicyclic) bond motifs is 4. The number of piperidine rings is 1. The van der Waals surface area contributed by atoms with E-state index in [-0.39, 0.29) is 29.2 Å². The average Bonchev–Trinajstić information content (AvgIpc) is 3.31. The van der Waals surface area contributed by atoms with Crippen LogP contribution in [0, 0.1) is 0 Å². The fourth-order valence-electron chi connectivity index (χ4n) is 6.44. The highest BCUT2D eigenvalue weighted by Gasteiger charge is 2.41. The molecular weight excluding hydrogens is 570 g/mol. The van der Waals surface area contributed by atoms with E-state index in [2.05, 4.69) is 19.8 Å². The maximum Gasteiger partial charge on any atom is 0.261 e. The Balaban J connectivity index is 1.02. The lowest BCUT2D eigenvalue weighted by Gasteiger charge is -2.45. The number of benzene rings is 3. The van der Waals surface area contributed by atoms with Crippen molar-refractivity contribution in [2.24, 2.45) is 0 Å². The fraction of sp³-hybridized carbons (Fsp3) is 0.323. The monoisotopic (exact) mass is 601 g/mol. The highest BCUT2D eigenvalue weighted by Crippen LogP contribution is 2.41. The summed E-state index contributed by atoms with van der Waals surface area (Å²) >= 11 is 0. The Labute approximate surface area is 249 Å². The second-order valence-corrected chi connectivity index (χ2v) is 13.1. The molecule has 2 fully saturated rings. The van der Waals surface area contributed by atoms with Gasteiger partial charge < -0.3 is 14.5 Å². The minimum Gasteiger partial charge on any atom is -0.489 e. The molecule has 3 aromatic rings. The predicted octanol–water partition coefficient (Wildman–Crippen LogP) is 2.33. The molecule has 7 rings (SSSR count). The molecule has 222 valence electrons. The van der Waals surface area contributed by atoms with Gasteiger partial charge in [-0.2, -0.15) is 0 Å². The Morgan fingerprint density at radius 1 is 0.953 bits per heavy atom. The van der Waals surface area contributed by atoms with Crippen LogP contribution < -0.4 is 19.7 Å². The Morgan fingerprint density at radius 2 is 1.79 bits per heavy atom. The Bertz CT molecular complexity index is 1730. The quantitative estimate of drug-likeness (QED) is 0.412. The third-order valence-electron chi connectivity index (χ3n) is 8.55. The van der Waals surface area contributed by atoms with E-state index < -0.39 is 22.0 Å².